The van der Waals surface area contributed by atoms with Gasteiger partial charge in [0.05, 0.1) is 6.61 Å². The van der Waals surface area contributed by atoms with Crippen LogP contribution in [0.15, 0.2) is 60.8 Å². The van der Waals surface area contributed by atoms with E-state index in [1.54, 1.807) is 0 Å². The summed E-state index contributed by atoms with van der Waals surface area (Å²) in [5.41, 5.74) is 0. The summed E-state index contributed by atoms with van der Waals surface area (Å²) in [7, 11) is 0. The second-order valence-electron chi connectivity index (χ2n) is 12.0. The fraction of sp³-hybridized carbons (Fsp3) is 0.700. The third kappa shape index (κ3) is 34.3. The summed E-state index contributed by atoms with van der Waals surface area (Å²) in [6.45, 7) is 4.02. The third-order valence-corrected chi connectivity index (χ3v) is 7.58. The Morgan fingerprint density at radius 3 is 1.42 bits per heavy atom. The van der Waals surface area contributed by atoms with E-state index in [2.05, 4.69) is 62.5 Å². The number of ether oxygens (including phenoxy) is 2. The van der Waals surface area contributed by atoms with Crippen molar-refractivity contribution in [1.82, 2.24) is 0 Å². The molecule has 5 nitrogen and oxygen atoms in total. The molecule has 0 heterocycles. The minimum Gasteiger partial charge on any atom is -0.462 e. The summed E-state index contributed by atoms with van der Waals surface area (Å²) in [5, 5.41) is 9.51. The first-order valence-corrected chi connectivity index (χ1v) is 18.3. The Bertz CT molecular complexity index is 808. The van der Waals surface area contributed by atoms with Gasteiger partial charge in [-0.3, -0.25) is 9.59 Å². The van der Waals surface area contributed by atoms with E-state index in [9.17, 15) is 14.7 Å². The number of aliphatic hydroxyl groups excluding tert-OH is 1. The molecule has 0 aromatic carbocycles. The largest absolute Gasteiger partial charge is 0.462 e. The molecule has 0 unspecified atom stereocenters. The number of hydrogen-bond acceptors (Lipinski definition) is 5. The van der Waals surface area contributed by atoms with Crippen molar-refractivity contribution in [3.8, 4) is 0 Å². The van der Waals surface area contributed by atoms with Crippen LogP contribution in [0, 0.1) is 0 Å². The second-order valence-corrected chi connectivity index (χ2v) is 12.0. The number of rotatable bonds is 32. The lowest BCUT2D eigenvalue weighted by atomic mass is 10.0. The van der Waals surface area contributed by atoms with Gasteiger partial charge in [0.25, 0.3) is 0 Å². The normalized spacial score (nSPS) is 12.9. The zero-order valence-electron chi connectivity index (χ0n) is 29.1. The van der Waals surface area contributed by atoms with Gasteiger partial charge in [-0.25, -0.2) is 0 Å². The Kier molecular flexibility index (Phi) is 34.1. The lowest BCUT2D eigenvalue weighted by molar-refractivity contribution is -0.161. The van der Waals surface area contributed by atoms with Crippen LogP contribution in [0.1, 0.15) is 162 Å². The fourth-order valence-electron chi connectivity index (χ4n) is 4.77. The standard InChI is InChI=1S/C40H68O5/c1-3-5-7-9-11-13-15-17-18-19-20-21-22-23-25-26-28-30-32-34-39(42)44-37-38(36-41)45-40(43)35-33-31-29-27-24-16-14-12-10-8-6-4-2/h11,13,17-18,20-21,23,25,28,30,38,41H,3-10,12,14-16,19,22,24,26-27,29,31-37H2,1-2H3/t38-/m0/s1. The van der Waals surface area contributed by atoms with Crippen LogP contribution in [0.2, 0.25) is 0 Å². The second kappa shape index (κ2) is 36.1. The van der Waals surface area contributed by atoms with Gasteiger partial charge >= 0.3 is 11.9 Å². The Morgan fingerprint density at radius 2 is 0.933 bits per heavy atom. The number of allylic oxidation sites excluding steroid dienone is 10. The molecule has 45 heavy (non-hydrogen) atoms. The molecule has 0 saturated carbocycles. The van der Waals surface area contributed by atoms with Crippen LogP contribution in [0.25, 0.3) is 0 Å². The summed E-state index contributed by atoms with van der Waals surface area (Å²) in [6.07, 6.45) is 45.7. The molecule has 0 radical (unpaired) electrons. The van der Waals surface area contributed by atoms with E-state index in [1.807, 2.05) is 12.2 Å². The van der Waals surface area contributed by atoms with Gasteiger partial charge < -0.3 is 14.6 Å². The van der Waals surface area contributed by atoms with Crippen LogP contribution in [0.3, 0.4) is 0 Å². The van der Waals surface area contributed by atoms with Crippen molar-refractivity contribution < 1.29 is 24.2 Å². The number of aliphatic hydroxyl groups is 1. The number of carbonyl (C=O) groups is 2. The number of hydrogen-bond donors (Lipinski definition) is 1. The van der Waals surface area contributed by atoms with Gasteiger partial charge in [-0.2, -0.15) is 0 Å². The zero-order valence-corrected chi connectivity index (χ0v) is 29.1. The fourth-order valence-corrected chi connectivity index (χ4v) is 4.77. The molecule has 1 atom stereocenters. The maximum Gasteiger partial charge on any atom is 0.306 e. The van der Waals surface area contributed by atoms with Gasteiger partial charge in [0, 0.05) is 12.8 Å². The SMILES string of the molecule is CCCCCC=CCC=CCC=CCC=CCC=CCCC(=O)OC[C@H](CO)OC(=O)CCCCCCCCCCCCCC. The van der Waals surface area contributed by atoms with Gasteiger partial charge in [-0.1, -0.05) is 158 Å². The van der Waals surface area contributed by atoms with Gasteiger partial charge in [-0.05, 0) is 51.4 Å². The van der Waals surface area contributed by atoms with Gasteiger partial charge in [-0.15, -0.1) is 0 Å². The molecule has 0 saturated heterocycles. The van der Waals surface area contributed by atoms with Crippen LogP contribution in [-0.2, 0) is 19.1 Å². The van der Waals surface area contributed by atoms with Gasteiger partial charge in [0.15, 0.2) is 6.10 Å². The summed E-state index contributed by atoms with van der Waals surface area (Å²) >= 11 is 0. The van der Waals surface area contributed by atoms with Crippen LogP contribution in [0.4, 0.5) is 0 Å². The summed E-state index contributed by atoms with van der Waals surface area (Å²) in [5.74, 6) is -0.690. The molecular formula is C40H68O5. The third-order valence-electron chi connectivity index (χ3n) is 7.58. The first-order chi connectivity index (χ1) is 22.1. The Labute approximate surface area is 277 Å². The molecule has 0 rings (SSSR count). The molecule has 5 heteroatoms. The highest BCUT2D eigenvalue weighted by atomic mass is 16.6. The molecule has 0 fully saturated rings. The Balaban J connectivity index is 3.73. The molecule has 0 spiro atoms. The van der Waals surface area contributed by atoms with E-state index in [0.717, 1.165) is 44.9 Å². The molecule has 0 aromatic heterocycles. The van der Waals surface area contributed by atoms with Crippen molar-refractivity contribution in [3.05, 3.63) is 60.8 Å². The van der Waals surface area contributed by atoms with Gasteiger partial charge in [0.2, 0.25) is 0 Å². The van der Waals surface area contributed by atoms with E-state index in [0.29, 0.717) is 12.8 Å². The number of unbranched alkanes of at least 4 members (excludes halogenated alkanes) is 14. The Hall–Kier alpha value is -2.40. The minimum atomic E-state index is -0.799. The summed E-state index contributed by atoms with van der Waals surface area (Å²) < 4.78 is 10.5. The summed E-state index contributed by atoms with van der Waals surface area (Å²) in [6, 6.07) is 0. The van der Waals surface area contributed by atoms with E-state index in [-0.39, 0.29) is 31.6 Å². The maximum absolute atomic E-state index is 12.1. The topological polar surface area (TPSA) is 72.8 Å². The lowest BCUT2D eigenvalue weighted by Gasteiger charge is -2.15. The predicted octanol–water partition coefficient (Wildman–Crippen LogP) is 11.2. The number of esters is 2. The zero-order chi connectivity index (χ0) is 32.9. The van der Waals surface area contributed by atoms with Crippen molar-refractivity contribution >= 4 is 11.9 Å². The lowest BCUT2D eigenvalue weighted by Crippen LogP contribution is -2.28. The van der Waals surface area contributed by atoms with Gasteiger partial charge in [0.1, 0.15) is 6.61 Å². The highest BCUT2D eigenvalue weighted by Crippen LogP contribution is 2.13. The van der Waals surface area contributed by atoms with Crippen LogP contribution in [0.5, 0.6) is 0 Å². The monoisotopic (exact) mass is 629 g/mol. The summed E-state index contributed by atoms with van der Waals surface area (Å²) in [4.78, 5) is 24.1. The van der Waals surface area contributed by atoms with Crippen LogP contribution < -0.4 is 0 Å². The van der Waals surface area contributed by atoms with E-state index < -0.39 is 6.10 Å². The molecule has 0 aliphatic carbocycles. The number of carbonyl (C=O) groups excluding carboxylic acids is 2. The van der Waals surface area contributed by atoms with E-state index in [1.165, 1.54) is 83.5 Å². The molecule has 0 aliphatic heterocycles. The van der Waals surface area contributed by atoms with Crippen molar-refractivity contribution in [1.29, 1.82) is 0 Å². The minimum absolute atomic E-state index is 0.106. The highest BCUT2D eigenvalue weighted by Gasteiger charge is 2.15. The molecule has 0 bridgehead atoms. The van der Waals surface area contributed by atoms with Crippen LogP contribution in [-0.4, -0.2) is 36.4 Å². The average molecular weight is 629 g/mol. The molecule has 258 valence electrons. The van der Waals surface area contributed by atoms with Crippen molar-refractivity contribution in [2.45, 2.75) is 168 Å². The van der Waals surface area contributed by atoms with Crippen molar-refractivity contribution in [2.24, 2.45) is 0 Å². The van der Waals surface area contributed by atoms with Crippen LogP contribution >= 0.6 is 0 Å². The average Bonchev–Trinajstić information content (AvgIpc) is 3.04. The van der Waals surface area contributed by atoms with Crippen molar-refractivity contribution in [2.75, 3.05) is 13.2 Å². The molecule has 0 amide bonds. The molecular weight excluding hydrogens is 560 g/mol. The highest BCUT2D eigenvalue weighted by molar-refractivity contribution is 5.70. The first-order valence-electron chi connectivity index (χ1n) is 18.3. The predicted molar refractivity (Wildman–Crippen MR) is 191 cm³/mol. The first kappa shape index (κ1) is 42.6. The molecule has 1 N–H and O–H groups in total. The van der Waals surface area contributed by atoms with E-state index >= 15 is 0 Å². The molecule has 0 aliphatic rings. The smallest absolute Gasteiger partial charge is 0.306 e. The molecule has 0 aromatic rings. The maximum atomic E-state index is 12.1. The van der Waals surface area contributed by atoms with E-state index in [4.69, 9.17) is 9.47 Å². The quantitative estimate of drug-likeness (QED) is 0.0456. The Morgan fingerprint density at radius 1 is 0.511 bits per heavy atom. The van der Waals surface area contributed by atoms with Crippen molar-refractivity contribution in [3.63, 3.8) is 0 Å².